The average molecular weight is 287 g/mol. The van der Waals surface area contributed by atoms with Crippen molar-refractivity contribution < 1.29 is 9.90 Å². The highest BCUT2D eigenvalue weighted by atomic mass is 32.2. The second-order valence-corrected chi connectivity index (χ2v) is 5.43. The van der Waals surface area contributed by atoms with Crippen LogP contribution in [0.4, 0.5) is 5.69 Å². The molecule has 2 aromatic rings. The van der Waals surface area contributed by atoms with Crippen LogP contribution in [0.15, 0.2) is 53.4 Å². The lowest BCUT2D eigenvalue weighted by Crippen LogP contribution is -2.13. The number of rotatable bonds is 5. The molecule has 0 aliphatic carbocycles. The van der Waals surface area contributed by atoms with Gasteiger partial charge in [0, 0.05) is 10.6 Å². The molecule has 1 amide bonds. The van der Waals surface area contributed by atoms with Crippen LogP contribution in [0.1, 0.15) is 12.5 Å². The normalized spacial score (nSPS) is 10.2. The summed E-state index contributed by atoms with van der Waals surface area (Å²) in [6, 6.07) is 14.7. The Morgan fingerprint density at radius 3 is 2.35 bits per heavy atom. The van der Waals surface area contributed by atoms with Gasteiger partial charge in [0.25, 0.3) is 0 Å². The van der Waals surface area contributed by atoms with Crippen LogP contribution in [0.2, 0.25) is 0 Å². The first-order valence-electron chi connectivity index (χ1n) is 6.48. The van der Waals surface area contributed by atoms with Gasteiger partial charge in [-0.25, -0.2) is 0 Å². The molecule has 0 heterocycles. The molecule has 0 unspecified atom stereocenters. The molecular weight excluding hydrogens is 270 g/mol. The topological polar surface area (TPSA) is 49.3 Å². The van der Waals surface area contributed by atoms with Crippen molar-refractivity contribution in [2.75, 3.05) is 11.1 Å². The number of anilines is 1. The molecule has 0 atom stereocenters. The van der Waals surface area contributed by atoms with Crippen molar-refractivity contribution in [1.82, 2.24) is 0 Å². The Kier molecular flexibility index (Phi) is 5.07. The maximum atomic E-state index is 11.8. The Balaban J connectivity index is 1.84. The van der Waals surface area contributed by atoms with E-state index in [1.807, 2.05) is 24.3 Å². The van der Waals surface area contributed by atoms with E-state index in [2.05, 4.69) is 12.2 Å². The number of phenols is 1. The molecule has 2 aromatic carbocycles. The Morgan fingerprint density at radius 1 is 1.10 bits per heavy atom. The van der Waals surface area contributed by atoms with E-state index in [0.717, 1.165) is 17.0 Å². The molecule has 104 valence electrons. The molecule has 3 nitrogen and oxygen atoms in total. The van der Waals surface area contributed by atoms with Crippen molar-refractivity contribution in [3.8, 4) is 5.75 Å². The van der Waals surface area contributed by atoms with Crippen molar-refractivity contribution in [3.05, 3.63) is 54.1 Å². The van der Waals surface area contributed by atoms with Gasteiger partial charge in [-0.3, -0.25) is 4.79 Å². The SMILES string of the molecule is CCc1ccc(NC(=O)CSc2ccc(O)cc2)cc1. The lowest BCUT2D eigenvalue weighted by Gasteiger charge is -2.06. The minimum absolute atomic E-state index is 0.0349. The van der Waals surface area contributed by atoms with Crippen LogP contribution in [0.5, 0.6) is 5.75 Å². The van der Waals surface area contributed by atoms with Crippen LogP contribution in [0, 0.1) is 0 Å². The number of hydrogen-bond donors (Lipinski definition) is 2. The number of aromatic hydroxyl groups is 1. The van der Waals surface area contributed by atoms with E-state index in [0.29, 0.717) is 5.75 Å². The highest BCUT2D eigenvalue weighted by Crippen LogP contribution is 2.21. The number of carbonyl (C=O) groups excluding carboxylic acids is 1. The standard InChI is InChI=1S/C16H17NO2S/c1-2-12-3-5-13(6-4-12)17-16(19)11-20-15-9-7-14(18)8-10-15/h3-10,18H,2,11H2,1H3,(H,17,19). The lowest BCUT2D eigenvalue weighted by molar-refractivity contribution is -0.113. The van der Waals surface area contributed by atoms with Crippen molar-refractivity contribution in [2.45, 2.75) is 18.2 Å². The molecule has 0 aliphatic rings. The number of amides is 1. The summed E-state index contributed by atoms with van der Waals surface area (Å²) >= 11 is 1.44. The van der Waals surface area contributed by atoms with Crippen LogP contribution in [-0.2, 0) is 11.2 Å². The second kappa shape index (κ2) is 7.01. The summed E-state index contributed by atoms with van der Waals surface area (Å²) in [5, 5.41) is 12.0. The van der Waals surface area contributed by atoms with Crippen molar-refractivity contribution in [2.24, 2.45) is 0 Å². The number of aryl methyl sites for hydroxylation is 1. The largest absolute Gasteiger partial charge is 0.508 e. The fraction of sp³-hybridized carbons (Fsp3) is 0.188. The lowest BCUT2D eigenvalue weighted by atomic mass is 10.1. The zero-order valence-electron chi connectivity index (χ0n) is 11.3. The number of hydrogen-bond acceptors (Lipinski definition) is 3. The van der Waals surface area contributed by atoms with E-state index < -0.39 is 0 Å². The average Bonchev–Trinajstić information content (AvgIpc) is 2.47. The summed E-state index contributed by atoms with van der Waals surface area (Å²) < 4.78 is 0. The first-order valence-corrected chi connectivity index (χ1v) is 7.46. The molecule has 0 saturated heterocycles. The Hall–Kier alpha value is -1.94. The van der Waals surface area contributed by atoms with Crippen molar-refractivity contribution in [3.63, 3.8) is 0 Å². The summed E-state index contributed by atoms with van der Waals surface area (Å²) in [5.41, 5.74) is 2.07. The first-order chi connectivity index (χ1) is 9.67. The smallest absolute Gasteiger partial charge is 0.234 e. The van der Waals surface area contributed by atoms with Gasteiger partial charge in [0.05, 0.1) is 5.75 Å². The molecule has 2 N–H and O–H groups in total. The summed E-state index contributed by atoms with van der Waals surface area (Å²) in [7, 11) is 0. The van der Waals surface area contributed by atoms with Crippen LogP contribution in [0.3, 0.4) is 0 Å². The van der Waals surface area contributed by atoms with E-state index in [4.69, 9.17) is 0 Å². The molecule has 0 spiro atoms. The zero-order chi connectivity index (χ0) is 14.4. The number of thioether (sulfide) groups is 1. The third kappa shape index (κ3) is 4.31. The van der Waals surface area contributed by atoms with Gasteiger partial charge in [-0.1, -0.05) is 19.1 Å². The fourth-order valence-corrected chi connectivity index (χ4v) is 2.41. The van der Waals surface area contributed by atoms with E-state index in [9.17, 15) is 9.90 Å². The summed E-state index contributed by atoms with van der Waals surface area (Å²) in [6.45, 7) is 2.10. The van der Waals surface area contributed by atoms with E-state index in [-0.39, 0.29) is 11.7 Å². The van der Waals surface area contributed by atoms with Gasteiger partial charge in [-0.2, -0.15) is 0 Å². The fourth-order valence-electron chi connectivity index (χ4n) is 1.71. The zero-order valence-corrected chi connectivity index (χ0v) is 12.1. The van der Waals surface area contributed by atoms with Crippen LogP contribution < -0.4 is 5.32 Å². The monoisotopic (exact) mass is 287 g/mol. The van der Waals surface area contributed by atoms with Crippen molar-refractivity contribution in [1.29, 1.82) is 0 Å². The van der Waals surface area contributed by atoms with Crippen LogP contribution >= 0.6 is 11.8 Å². The van der Waals surface area contributed by atoms with Gasteiger partial charge in [0.1, 0.15) is 5.75 Å². The minimum Gasteiger partial charge on any atom is -0.508 e. The molecule has 4 heteroatoms. The molecule has 0 fully saturated rings. The second-order valence-electron chi connectivity index (χ2n) is 4.38. The maximum absolute atomic E-state index is 11.8. The number of benzene rings is 2. The molecule has 0 radical (unpaired) electrons. The molecule has 2 rings (SSSR count). The Labute approximate surface area is 123 Å². The van der Waals surface area contributed by atoms with E-state index in [1.54, 1.807) is 24.3 Å². The van der Waals surface area contributed by atoms with Gasteiger partial charge < -0.3 is 10.4 Å². The van der Waals surface area contributed by atoms with Gasteiger partial charge in [-0.15, -0.1) is 11.8 Å². The summed E-state index contributed by atoms with van der Waals surface area (Å²) in [6.07, 6.45) is 0.991. The number of carbonyl (C=O) groups is 1. The number of nitrogens with one attached hydrogen (secondary N) is 1. The molecule has 0 aromatic heterocycles. The van der Waals surface area contributed by atoms with Crippen LogP contribution in [-0.4, -0.2) is 16.8 Å². The molecule has 0 saturated carbocycles. The van der Waals surface area contributed by atoms with Crippen molar-refractivity contribution >= 4 is 23.4 Å². The number of phenolic OH excluding ortho intramolecular Hbond substituents is 1. The Bertz CT molecular complexity index is 564. The summed E-state index contributed by atoms with van der Waals surface area (Å²) in [5.74, 6) is 0.544. The predicted molar refractivity (Wildman–Crippen MR) is 83.3 cm³/mol. The van der Waals surface area contributed by atoms with E-state index in [1.165, 1.54) is 17.3 Å². The van der Waals surface area contributed by atoms with Gasteiger partial charge in [0.15, 0.2) is 0 Å². The third-order valence-corrected chi connectivity index (χ3v) is 3.86. The predicted octanol–water partition coefficient (Wildman–Crippen LogP) is 3.69. The summed E-state index contributed by atoms with van der Waals surface area (Å²) in [4.78, 5) is 12.8. The van der Waals surface area contributed by atoms with E-state index >= 15 is 0 Å². The molecule has 0 aliphatic heterocycles. The molecule has 20 heavy (non-hydrogen) atoms. The van der Waals surface area contributed by atoms with Gasteiger partial charge in [0.2, 0.25) is 5.91 Å². The maximum Gasteiger partial charge on any atom is 0.234 e. The minimum atomic E-state index is -0.0349. The van der Waals surface area contributed by atoms with Gasteiger partial charge >= 0.3 is 0 Å². The highest BCUT2D eigenvalue weighted by molar-refractivity contribution is 8.00. The van der Waals surface area contributed by atoms with Gasteiger partial charge in [-0.05, 0) is 48.4 Å². The molecular formula is C16H17NO2S. The first kappa shape index (κ1) is 14.5. The quantitative estimate of drug-likeness (QED) is 0.825. The van der Waals surface area contributed by atoms with Crippen LogP contribution in [0.25, 0.3) is 0 Å². The third-order valence-electron chi connectivity index (χ3n) is 2.85. The highest BCUT2D eigenvalue weighted by Gasteiger charge is 2.04. The molecule has 0 bridgehead atoms. The Morgan fingerprint density at radius 2 is 1.75 bits per heavy atom.